The van der Waals surface area contributed by atoms with E-state index in [4.69, 9.17) is 14.2 Å². The standard InChI is InChI=1S/C42H59NO7/c1-7-48-37(44)21-16-27-43(26-14-8-10-18-34-24-25-35-19-12-13-20-36(35)30-34)40(46)39(38(45)41(47)50-42(4,5)6)49-28-15-9-11-17-33-23-22-31(2)32(3)29-33/h12-13,19-20,22-25,29-30,38-39,45H,7-11,14-18,21,26-28H2,1-6H3/t38-,39-/m1/s1. The van der Waals surface area contributed by atoms with Crippen LogP contribution in [0.1, 0.15) is 101 Å². The second-order valence-corrected chi connectivity index (χ2v) is 14.2. The van der Waals surface area contributed by atoms with Crippen molar-refractivity contribution in [1.82, 2.24) is 4.90 Å². The largest absolute Gasteiger partial charge is 0.466 e. The number of carbonyl (C=O) groups is 3. The summed E-state index contributed by atoms with van der Waals surface area (Å²) in [4.78, 5) is 40.7. The number of aryl methyl sites for hydroxylation is 4. The van der Waals surface area contributed by atoms with Crippen molar-refractivity contribution in [2.24, 2.45) is 0 Å². The summed E-state index contributed by atoms with van der Waals surface area (Å²) in [5.41, 5.74) is 4.27. The molecule has 50 heavy (non-hydrogen) atoms. The Morgan fingerprint density at radius 1 is 0.760 bits per heavy atom. The number of amides is 1. The van der Waals surface area contributed by atoms with Gasteiger partial charge in [0.05, 0.1) is 6.61 Å². The molecule has 1 amide bonds. The van der Waals surface area contributed by atoms with Crippen molar-refractivity contribution in [3.8, 4) is 0 Å². The number of hydrogen-bond donors (Lipinski definition) is 1. The molecule has 0 aromatic heterocycles. The number of nitrogens with zero attached hydrogens (tertiary/aromatic N) is 1. The van der Waals surface area contributed by atoms with E-state index in [1.165, 1.54) is 33.0 Å². The van der Waals surface area contributed by atoms with E-state index in [-0.39, 0.29) is 25.5 Å². The first-order valence-electron chi connectivity index (χ1n) is 18.4. The van der Waals surface area contributed by atoms with Crippen molar-refractivity contribution in [3.63, 3.8) is 0 Å². The molecule has 0 spiro atoms. The minimum atomic E-state index is -1.78. The van der Waals surface area contributed by atoms with Crippen molar-refractivity contribution in [2.45, 2.75) is 124 Å². The van der Waals surface area contributed by atoms with Crippen LogP contribution in [0.25, 0.3) is 10.8 Å². The lowest BCUT2D eigenvalue weighted by atomic mass is 10.0. The highest BCUT2D eigenvalue weighted by molar-refractivity contribution is 5.89. The van der Waals surface area contributed by atoms with Crippen LogP contribution in [0.3, 0.4) is 0 Å². The molecule has 1 N–H and O–H groups in total. The Balaban J connectivity index is 1.62. The van der Waals surface area contributed by atoms with Crippen LogP contribution in [0.2, 0.25) is 0 Å². The fourth-order valence-electron chi connectivity index (χ4n) is 5.92. The molecule has 0 unspecified atom stereocenters. The third-order valence-electron chi connectivity index (χ3n) is 8.79. The molecule has 0 radical (unpaired) electrons. The molecule has 0 aliphatic carbocycles. The van der Waals surface area contributed by atoms with Gasteiger partial charge in [-0.2, -0.15) is 0 Å². The Bertz CT molecular complexity index is 1510. The minimum Gasteiger partial charge on any atom is -0.466 e. The maximum Gasteiger partial charge on any atom is 0.338 e. The smallest absolute Gasteiger partial charge is 0.338 e. The molecule has 0 bridgehead atoms. The lowest BCUT2D eigenvalue weighted by Gasteiger charge is -2.30. The quantitative estimate of drug-likeness (QED) is 0.0898. The van der Waals surface area contributed by atoms with Crippen LogP contribution >= 0.6 is 0 Å². The first-order chi connectivity index (χ1) is 23.9. The zero-order chi connectivity index (χ0) is 36.5. The van der Waals surface area contributed by atoms with Crippen molar-refractivity contribution < 1.29 is 33.7 Å². The van der Waals surface area contributed by atoms with E-state index in [2.05, 4.69) is 62.4 Å². The van der Waals surface area contributed by atoms with Gasteiger partial charge in [-0.05, 0) is 120 Å². The molecule has 0 aliphatic rings. The number of aliphatic hydroxyl groups excluding tert-OH is 1. The number of unbranched alkanes of at least 4 members (excludes halogenated alkanes) is 4. The molecule has 8 heteroatoms. The van der Waals surface area contributed by atoms with Gasteiger partial charge in [0, 0.05) is 26.1 Å². The van der Waals surface area contributed by atoms with Crippen LogP contribution < -0.4 is 0 Å². The van der Waals surface area contributed by atoms with E-state index in [9.17, 15) is 19.5 Å². The van der Waals surface area contributed by atoms with Crippen LogP contribution in [0, 0.1) is 13.8 Å². The summed E-state index contributed by atoms with van der Waals surface area (Å²) in [5, 5.41) is 13.6. The van der Waals surface area contributed by atoms with Gasteiger partial charge in [0.1, 0.15) is 5.60 Å². The van der Waals surface area contributed by atoms with Crippen LogP contribution in [-0.2, 0) is 41.4 Å². The highest BCUT2D eigenvalue weighted by Gasteiger charge is 2.38. The van der Waals surface area contributed by atoms with Gasteiger partial charge >= 0.3 is 11.9 Å². The fourth-order valence-corrected chi connectivity index (χ4v) is 5.92. The number of hydrogen-bond acceptors (Lipinski definition) is 7. The van der Waals surface area contributed by atoms with Crippen molar-refractivity contribution in [3.05, 3.63) is 82.9 Å². The highest BCUT2D eigenvalue weighted by Crippen LogP contribution is 2.19. The summed E-state index contributed by atoms with van der Waals surface area (Å²) >= 11 is 0. The third-order valence-corrected chi connectivity index (χ3v) is 8.79. The van der Waals surface area contributed by atoms with Crippen molar-refractivity contribution in [1.29, 1.82) is 0 Å². The summed E-state index contributed by atoms with van der Waals surface area (Å²) in [5.74, 6) is -1.69. The Labute approximate surface area is 299 Å². The van der Waals surface area contributed by atoms with Crippen LogP contribution in [0.5, 0.6) is 0 Å². The molecule has 0 fully saturated rings. The van der Waals surface area contributed by atoms with Crippen molar-refractivity contribution in [2.75, 3.05) is 26.3 Å². The molecule has 3 aromatic carbocycles. The monoisotopic (exact) mass is 689 g/mol. The summed E-state index contributed by atoms with van der Waals surface area (Å²) in [6.45, 7) is 12.3. The van der Waals surface area contributed by atoms with E-state index >= 15 is 0 Å². The van der Waals surface area contributed by atoms with Gasteiger partial charge in [-0.1, -0.05) is 73.5 Å². The topological polar surface area (TPSA) is 102 Å². The average Bonchev–Trinajstić information content (AvgIpc) is 3.07. The molecule has 3 aromatic rings. The van der Waals surface area contributed by atoms with Crippen LogP contribution in [0.4, 0.5) is 0 Å². The first kappa shape index (κ1) is 40.7. The third kappa shape index (κ3) is 14.2. The van der Waals surface area contributed by atoms with Crippen molar-refractivity contribution >= 4 is 28.6 Å². The number of fused-ring (bicyclic) bond motifs is 1. The lowest BCUT2D eigenvalue weighted by molar-refractivity contribution is -0.179. The highest BCUT2D eigenvalue weighted by atomic mass is 16.6. The number of rotatable bonds is 21. The first-order valence-corrected chi connectivity index (χ1v) is 18.4. The molecule has 0 saturated heterocycles. The van der Waals surface area contributed by atoms with E-state index in [1.807, 2.05) is 12.1 Å². The van der Waals surface area contributed by atoms with Gasteiger partial charge in [-0.3, -0.25) is 9.59 Å². The normalized spacial score (nSPS) is 12.8. The van der Waals surface area contributed by atoms with Crippen LogP contribution in [0.15, 0.2) is 60.7 Å². The van der Waals surface area contributed by atoms with E-state index in [0.29, 0.717) is 26.0 Å². The lowest BCUT2D eigenvalue weighted by Crippen LogP contribution is -2.51. The fraction of sp³-hybridized carbons (Fsp3) is 0.548. The molecule has 0 aliphatic heterocycles. The number of esters is 2. The second-order valence-electron chi connectivity index (χ2n) is 14.2. The summed E-state index contributed by atoms with van der Waals surface area (Å²) in [6.07, 6.45) is 4.31. The Hall–Kier alpha value is -3.75. The Morgan fingerprint density at radius 3 is 2.08 bits per heavy atom. The molecule has 274 valence electrons. The maximum atomic E-state index is 14.0. The Morgan fingerprint density at radius 2 is 1.40 bits per heavy atom. The summed E-state index contributed by atoms with van der Waals surface area (Å²) < 4.78 is 16.6. The molecule has 2 atom stereocenters. The van der Waals surface area contributed by atoms with Crippen LogP contribution in [-0.4, -0.2) is 72.0 Å². The number of benzene rings is 3. The van der Waals surface area contributed by atoms with E-state index < -0.39 is 29.7 Å². The predicted molar refractivity (Wildman–Crippen MR) is 199 cm³/mol. The van der Waals surface area contributed by atoms with Gasteiger partial charge in [0.2, 0.25) is 0 Å². The molecular weight excluding hydrogens is 630 g/mol. The van der Waals surface area contributed by atoms with Gasteiger partial charge in [-0.15, -0.1) is 0 Å². The Kier molecular flexibility index (Phi) is 16.9. The molecule has 0 saturated carbocycles. The minimum absolute atomic E-state index is 0.167. The SMILES string of the molecule is CCOC(=O)CCCN(CCCCCc1ccc2ccccc2c1)C(=O)[C@H](OCCCCCc1ccc(C)c(C)c1)[C@@H](O)C(=O)OC(C)(C)C. The number of carbonyl (C=O) groups excluding carboxylic acids is 3. The molecule has 3 rings (SSSR count). The van der Waals surface area contributed by atoms with Gasteiger partial charge in [-0.25, -0.2) is 4.79 Å². The molecule has 8 nitrogen and oxygen atoms in total. The number of aliphatic hydroxyl groups is 1. The van der Waals surface area contributed by atoms with E-state index in [0.717, 1.165) is 44.9 Å². The second kappa shape index (κ2) is 20.8. The molecular formula is C42H59NO7. The van der Waals surface area contributed by atoms with Gasteiger partial charge < -0.3 is 24.2 Å². The average molecular weight is 690 g/mol. The predicted octanol–water partition coefficient (Wildman–Crippen LogP) is 7.84. The summed E-state index contributed by atoms with van der Waals surface area (Å²) in [7, 11) is 0. The van der Waals surface area contributed by atoms with Gasteiger partial charge in [0.25, 0.3) is 5.91 Å². The van der Waals surface area contributed by atoms with E-state index in [1.54, 1.807) is 32.6 Å². The zero-order valence-electron chi connectivity index (χ0n) is 31.2. The molecule has 0 heterocycles. The maximum absolute atomic E-state index is 14.0. The number of ether oxygens (including phenoxy) is 3. The van der Waals surface area contributed by atoms with Gasteiger partial charge in [0.15, 0.2) is 12.2 Å². The summed E-state index contributed by atoms with van der Waals surface area (Å²) in [6, 6.07) is 21.4. The zero-order valence-corrected chi connectivity index (χ0v) is 31.2.